The number of quaternary nitrogens is 1. The number of aromatic nitrogens is 4. The van der Waals surface area contributed by atoms with Gasteiger partial charge in [-0.3, -0.25) is 0 Å². The van der Waals surface area contributed by atoms with Crippen LogP contribution >= 0.6 is 0 Å². The predicted octanol–water partition coefficient (Wildman–Crippen LogP) is 3.21. The van der Waals surface area contributed by atoms with Crippen molar-refractivity contribution in [3.05, 3.63) is 41.2 Å². The maximum Gasteiger partial charge on any atom is 0.416 e. The molecular weight excluding hydrogens is 367 g/mol. The highest BCUT2D eigenvalue weighted by Gasteiger charge is 2.38. The van der Waals surface area contributed by atoms with Crippen molar-refractivity contribution in [3.8, 4) is 0 Å². The fraction of sp³-hybridized carbons (Fsp3) is 0.650. The number of benzene rings is 1. The van der Waals surface area contributed by atoms with Gasteiger partial charge in [-0.1, -0.05) is 31.9 Å². The highest BCUT2D eigenvalue weighted by Crippen LogP contribution is 2.34. The molecule has 28 heavy (non-hydrogen) atoms. The molecule has 5 nitrogen and oxygen atoms in total. The number of alkyl halides is 3. The van der Waals surface area contributed by atoms with E-state index in [9.17, 15) is 13.2 Å². The number of nitrogens with zero attached hydrogens (tertiary/aromatic N) is 4. The summed E-state index contributed by atoms with van der Waals surface area (Å²) in [4.78, 5) is 1.26. The van der Waals surface area contributed by atoms with Gasteiger partial charge in [0.15, 0.2) is 6.04 Å². The molecule has 2 aliphatic rings. The normalized spacial score (nSPS) is 25.1. The maximum absolute atomic E-state index is 13.4. The minimum Gasteiger partial charge on any atom is -0.322 e. The van der Waals surface area contributed by atoms with Crippen LogP contribution < -0.4 is 4.90 Å². The SMILES string of the molecule is C[C@H]1CCC[NH+]([C@@H](c2cccc(C(F)(F)F)c2)c2nnnn2C2CCCC2)C1. The van der Waals surface area contributed by atoms with E-state index in [1.807, 2.05) is 4.68 Å². The van der Waals surface area contributed by atoms with Crippen molar-refractivity contribution in [3.63, 3.8) is 0 Å². The second-order valence-electron chi connectivity index (χ2n) is 8.34. The standard InChI is InChI=1S/C20H26F3N5/c1-14-6-5-11-27(13-14)18(15-7-4-8-16(12-15)20(21,22)23)19-24-25-26-28(19)17-9-2-3-10-17/h4,7-8,12,14,17-18H,2-3,5-6,9-11,13H2,1H3/p+1/t14-,18-/m0/s1. The lowest BCUT2D eigenvalue weighted by atomic mass is 9.94. The lowest BCUT2D eigenvalue weighted by Gasteiger charge is -2.34. The number of tetrazole rings is 1. The second kappa shape index (κ2) is 7.81. The van der Waals surface area contributed by atoms with Crippen molar-refractivity contribution in [2.45, 2.75) is 63.7 Å². The molecule has 8 heteroatoms. The molecule has 152 valence electrons. The Labute approximate surface area is 162 Å². The zero-order valence-electron chi connectivity index (χ0n) is 16.1. The molecule has 1 unspecified atom stereocenters. The summed E-state index contributed by atoms with van der Waals surface area (Å²) >= 11 is 0. The van der Waals surface area contributed by atoms with Crippen LogP contribution in [0.1, 0.15) is 74.5 Å². The van der Waals surface area contributed by atoms with Gasteiger partial charge in [0.1, 0.15) is 0 Å². The van der Waals surface area contributed by atoms with E-state index in [4.69, 9.17) is 0 Å². The number of hydrogen-bond acceptors (Lipinski definition) is 3. The van der Waals surface area contributed by atoms with Crippen LogP contribution in [0.2, 0.25) is 0 Å². The van der Waals surface area contributed by atoms with E-state index in [0.29, 0.717) is 17.3 Å². The largest absolute Gasteiger partial charge is 0.416 e. The highest BCUT2D eigenvalue weighted by atomic mass is 19.4. The van der Waals surface area contributed by atoms with E-state index in [0.717, 1.165) is 57.7 Å². The van der Waals surface area contributed by atoms with Gasteiger partial charge >= 0.3 is 6.18 Å². The Morgan fingerprint density at radius 3 is 2.64 bits per heavy atom. The third kappa shape index (κ3) is 3.92. The lowest BCUT2D eigenvalue weighted by molar-refractivity contribution is -0.934. The summed E-state index contributed by atoms with van der Waals surface area (Å²) in [5.41, 5.74) is 0.0346. The molecule has 2 aromatic rings. The second-order valence-corrected chi connectivity index (χ2v) is 8.34. The number of hydrogen-bond donors (Lipinski definition) is 1. The van der Waals surface area contributed by atoms with E-state index in [-0.39, 0.29) is 12.1 Å². The lowest BCUT2D eigenvalue weighted by Crippen LogP contribution is -3.14. The molecule has 3 atom stereocenters. The molecule has 1 aliphatic carbocycles. The first-order valence-electron chi connectivity index (χ1n) is 10.2. The quantitative estimate of drug-likeness (QED) is 0.866. The average Bonchev–Trinajstić information content (AvgIpc) is 3.33. The van der Waals surface area contributed by atoms with Gasteiger partial charge in [-0.15, -0.1) is 5.10 Å². The summed E-state index contributed by atoms with van der Waals surface area (Å²) in [6, 6.07) is 5.68. The molecule has 4 rings (SSSR count). The summed E-state index contributed by atoms with van der Waals surface area (Å²) in [6.45, 7) is 4.05. The molecule has 1 aromatic carbocycles. The predicted molar refractivity (Wildman–Crippen MR) is 97.7 cm³/mol. The van der Waals surface area contributed by atoms with Crippen LogP contribution in [0.15, 0.2) is 24.3 Å². The van der Waals surface area contributed by atoms with Gasteiger partial charge in [-0.25, -0.2) is 4.68 Å². The molecule has 1 aliphatic heterocycles. The van der Waals surface area contributed by atoms with Gasteiger partial charge < -0.3 is 4.90 Å². The van der Waals surface area contributed by atoms with Crippen molar-refractivity contribution < 1.29 is 18.1 Å². The first-order chi connectivity index (χ1) is 13.4. The van der Waals surface area contributed by atoms with Gasteiger partial charge in [-0.05, 0) is 48.2 Å². The van der Waals surface area contributed by atoms with E-state index in [1.54, 1.807) is 6.07 Å². The first kappa shape index (κ1) is 19.4. The number of rotatable bonds is 4. The minimum atomic E-state index is -4.36. The van der Waals surface area contributed by atoms with E-state index >= 15 is 0 Å². The molecule has 2 heterocycles. The molecule has 0 spiro atoms. The Bertz CT molecular complexity index is 797. The van der Waals surface area contributed by atoms with Crippen molar-refractivity contribution in [2.24, 2.45) is 5.92 Å². The number of halogens is 3. The van der Waals surface area contributed by atoms with Gasteiger partial charge in [0.05, 0.1) is 24.7 Å². The summed E-state index contributed by atoms with van der Waals surface area (Å²) in [5.74, 6) is 1.24. The van der Waals surface area contributed by atoms with Crippen molar-refractivity contribution in [1.82, 2.24) is 20.2 Å². The maximum atomic E-state index is 13.4. The highest BCUT2D eigenvalue weighted by molar-refractivity contribution is 5.30. The van der Waals surface area contributed by atoms with Crippen LogP contribution in [0.25, 0.3) is 0 Å². The van der Waals surface area contributed by atoms with E-state index < -0.39 is 11.7 Å². The number of likely N-dealkylation sites (tertiary alicyclic amines) is 1. The van der Waals surface area contributed by atoms with Crippen LogP contribution in [-0.2, 0) is 6.18 Å². The average molecular weight is 394 g/mol. The molecule has 0 bridgehead atoms. The van der Waals surface area contributed by atoms with Gasteiger partial charge in [0.25, 0.3) is 0 Å². The number of nitrogens with one attached hydrogen (secondary N) is 1. The van der Waals surface area contributed by atoms with Crippen LogP contribution in [0.5, 0.6) is 0 Å². The van der Waals surface area contributed by atoms with Crippen LogP contribution in [0.3, 0.4) is 0 Å². The van der Waals surface area contributed by atoms with Crippen molar-refractivity contribution in [1.29, 1.82) is 0 Å². The third-order valence-corrected chi connectivity index (χ3v) is 6.21. The molecular formula is C20H27F3N5+. The Balaban J connectivity index is 1.76. The molecule has 2 fully saturated rings. The Hall–Kier alpha value is -1.96. The first-order valence-corrected chi connectivity index (χ1v) is 10.2. The van der Waals surface area contributed by atoms with Gasteiger partial charge in [0, 0.05) is 11.5 Å². The summed E-state index contributed by atoms with van der Waals surface area (Å²) in [5, 5.41) is 12.5. The van der Waals surface area contributed by atoms with Crippen molar-refractivity contribution >= 4 is 0 Å². The summed E-state index contributed by atoms with van der Waals surface area (Å²) in [7, 11) is 0. The molecule has 1 saturated heterocycles. The smallest absolute Gasteiger partial charge is 0.322 e. The monoisotopic (exact) mass is 394 g/mol. The van der Waals surface area contributed by atoms with E-state index in [2.05, 4.69) is 22.4 Å². The Morgan fingerprint density at radius 1 is 1.14 bits per heavy atom. The van der Waals surface area contributed by atoms with E-state index in [1.165, 1.54) is 17.0 Å². The Kier molecular flexibility index (Phi) is 5.40. The molecule has 0 radical (unpaired) electrons. The van der Waals surface area contributed by atoms with Crippen LogP contribution in [-0.4, -0.2) is 33.3 Å². The number of piperidine rings is 1. The minimum absolute atomic E-state index is 0.250. The van der Waals surface area contributed by atoms with Gasteiger partial charge in [-0.2, -0.15) is 13.2 Å². The van der Waals surface area contributed by atoms with Crippen molar-refractivity contribution in [2.75, 3.05) is 13.1 Å². The third-order valence-electron chi connectivity index (χ3n) is 6.21. The molecule has 0 amide bonds. The zero-order chi connectivity index (χ0) is 19.7. The summed E-state index contributed by atoms with van der Waals surface area (Å²) < 4.78 is 41.9. The van der Waals surface area contributed by atoms with Gasteiger partial charge in [0.2, 0.25) is 5.82 Å². The molecule has 1 saturated carbocycles. The Morgan fingerprint density at radius 2 is 1.93 bits per heavy atom. The topological polar surface area (TPSA) is 48.0 Å². The molecule has 1 N–H and O–H groups in total. The fourth-order valence-corrected chi connectivity index (χ4v) is 4.85. The zero-order valence-corrected chi connectivity index (χ0v) is 16.1. The molecule has 1 aromatic heterocycles. The van der Waals surface area contributed by atoms with Crippen LogP contribution in [0, 0.1) is 5.92 Å². The summed E-state index contributed by atoms with van der Waals surface area (Å²) in [6.07, 6.45) is 2.21. The van der Waals surface area contributed by atoms with Crippen LogP contribution in [0.4, 0.5) is 13.2 Å². The fourth-order valence-electron chi connectivity index (χ4n) is 4.85.